The van der Waals surface area contributed by atoms with Crippen LogP contribution >= 0.6 is 15.9 Å². The first-order chi connectivity index (χ1) is 7.72. The molecule has 0 saturated heterocycles. The molecule has 0 aromatic rings. The summed E-state index contributed by atoms with van der Waals surface area (Å²) in [4.78, 5) is 11.1. The lowest BCUT2D eigenvalue weighted by Crippen LogP contribution is -2.17. The molecule has 1 atom stereocenters. The third-order valence-corrected chi connectivity index (χ3v) is 3.20. The number of halogens is 1. The van der Waals surface area contributed by atoms with Gasteiger partial charge in [0.2, 0.25) is 0 Å². The van der Waals surface area contributed by atoms with E-state index in [1.54, 1.807) is 0 Å². The molecule has 0 N–H and O–H groups in total. The number of rotatable bonds is 9. The van der Waals surface area contributed by atoms with E-state index in [-0.39, 0.29) is 17.4 Å². The Morgan fingerprint density at radius 3 is 2.56 bits per heavy atom. The SMILES string of the molecule is C#CCOC(=O)C(Br)CCCCCCCC. The van der Waals surface area contributed by atoms with E-state index in [9.17, 15) is 4.79 Å². The van der Waals surface area contributed by atoms with Gasteiger partial charge in [-0.1, -0.05) is 67.3 Å². The minimum atomic E-state index is -0.244. The van der Waals surface area contributed by atoms with Crippen LogP contribution < -0.4 is 0 Å². The van der Waals surface area contributed by atoms with Crippen LogP contribution in [0, 0.1) is 12.3 Å². The summed E-state index contributed by atoms with van der Waals surface area (Å²) in [6, 6.07) is 0. The molecule has 0 aromatic heterocycles. The molecule has 1 unspecified atom stereocenters. The largest absolute Gasteiger partial charge is 0.452 e. The number of ether oxygens (including phenoxy) is 1. The highest BCUT2D eigenvalue weighted by Gasteiger charge is 2.14. The van der Waals surface area contributed by atoms with Crippen LogP contribution in [0.2, 0.25) is 0 Å². The Bertz CT molecular complexity index is 220. The predicted octanol–water partition coefficient (Wildman–Crippen LogP) is 3.68. The van der Waals surface area contributed by atoms with Crippen LogP contribution in [0.1, 0.15) is 51.9 Å². The lowest BCUT2D eigenvalue weighted by molar-refractivity contribution is -0.141. The van der Waals surface area contributed by atoms with Crippen molar-refractivity contribution in [2.24, 2.45) is 0 Å². The smallest absolute Gasteiger partial charge is 0.320 e. The van der Waals surface area contributed by atoms with Crippen molar-refractivity contribution in [3.63, 3.8) is 0 Å². The number of alkyl halides is 1. The van der Waals surface area contributed by atoms with Gasteiger partial charge in [0, 0.05) is 0 Å². The van der Waals surface area contributed by atoms with Crippen molar-refractivity contribution in [1.82, 2.24) is 0 Å². The number of hydrogen-bond acceptors (Lipinski definition) is 2. The minimum Gasteiger partial charge on any atom is -0.452 e. The molecule has 0 bridgehead atoms. The molecule has 16 heavy (non-hydrogen) atoms. The molecule has 0 aliphatic heterocycles. The lowest BCUT2D eigenvalue weighted by Gasteiger charge is -2.08. The molecular formula is C13H21BrO2. The quantitative estimate of drug-likeness (QED) is 0.280. The van der Waals surface area contributed by atoms with Gasteiger partial charge < -0.3 is 4.74 Å². The number of hydrogen-bond donors (Lipinski definition) is 0. The first-order valence-electron chi connectivity index (χ1n) is 5.96. The maximum atomic E-state index is 11.3. The van der Waals surface area contributed by atoms with Gasteiger partial charge in [0.25, 0.3) is 0 Å². The van der Waals surface area contributed by atoms with Crippen LogP contribution in [0.25, 0.3) is 0 Å². The Morgan fingerprint density at radius 1 is 1.31 bits per heavy atom. The topological polar surface area (TPSA) is 26.3 Å². The molecule has 3 heteroatoms. The molecule has 0 saturated carbocycles. The van der Waals surface area contributed by atoms with Crippen molar-refractivity contribution in [2.75, 3.05) is 6.61 Å². The molecule has 0 aliphatic carbocycles. The zero-order valence-corrected chi connectivity index (χ0v) is 11.6. The predicted molar refractivity (Wildman–Crippen MR) is 70.5 cm³/mol. The number of carbonyl (C=O) groups is 1. The normalized spacial score (nSPS) is 11.8. The van der Waals surface area contributed by atoms with E-state index in [4.69, 9.17) is 11.2 Å². The summed E-state index contributed by atoms with van der Waals surface area (Å²) in [5.41, 5.74) is 0. The fourth-order valence-corrected chi connectivity index (χ4v) is 1.88. The highest BCUT2D eigenvalue weighted by molar-refractivity contribution is 9.10. The van der Waals surface area contributed by atoms with E-state index in [2.05, 4.69) is 28.8 Å². The summed E-state index contributed by atoms with van der Waals surface area (Å²) < 4.78 is 4.83. The standard InChI is InChI=1S/C13H21BrO2/c1-3-5-6-7-8-9-10-12(14)13(15)16-11-4-2/h2,12H,3,5-11H2,1H3. The Labute approximate surface area is 107 Å². The van der Waals surface area contributed by atoms with Crippen molar-refractivity contribution >= 4 is 21.9 Å². The second-order valence-corrected chi connectivity index (χ2v) is 4.94. The number of unbranched alkanes of at least 4 members (excludes halogenated alkanes) is 5. The van der Waals surface area contributed by atoms with Gasteiger partial charge in [0.05, 0.1) is 0 Å². The zero-order chi connectivity index (χ0) is 12.2. The van der Waals surface area contributed by atoms with Gasteiger partial charge in [-0.05, 0) is 6.42 Å². The van der Waals surface area contributed by atoms with Gasteiger partial charge in [-0.2, -0.15) is 0 Å². The van der Waals surface area contributed by atoms with E-state index in [1.807, 2.05) is 0 Å². The number of terminal acetylenes is 1. The van der Waals surface area contributed by atoms with E-state index in [1.165, 1.54) is 32.1 Å². The molecule has 2 nitrogen and oxygen atoms in total. The lowest BCUT2D eigenvalue weighted by atomic mass is 10.1. The highest BCUT2D eigenvalue weighted by Crippen LogP contribution is 2.14. The van der Waals surface area contributed by atoms with Crippen molar-refractivity contribution in [3.8, 4) is 12.3 Å². The fourth-order valence-electron chi connectivity index (χ4n) is 1.42. The molecule has 0 aliphatic rings. The van der Waals surface area contributed by atoms with Gasteiger partial charge in [0.15, 0.2) is 6.61 Å². The highest BCUT2D eigenvalue weighted by atomic mass is 79.9. The number of carbonyl (C=O) groups excluding carboxylic acids is 1. The number of esters is 1. The Balaban J connectivity index is 3.39. The molecule has 0 amide bonds. The van der Waals surface area contributed by atoms with E-state index >= 15 is 0 Å². The summed E-state index contributed by atoms with van der Waals surface area (Å²) in [5.74, 6) is 2.04. The molecule has 0 rings (SSSR count). The molecule has 0 spiro atoms. The van der Waals surface area contributed by atoms with E-state index < -0.39 is 0 Å². The summed E-state index contributed by atoms with van der Waals surface area (Å²) in [7, 11) is 0. The molecule has 92 valence electrons. The monoisotopic (exact) mass is 288 g/mol. The Kier molecular flexibility index (Phi) is 10.7. The average molecular weight is 289 g/mol. The minimum absolute atomic E-state index is 0.0669. The molecular weight excluding hydrogens is 268 g/mol. The summed E-state index contributed by atoms with van der Waals surface area (Å²) in [6.45, 7) is 2.27. The van der Waals surface area contributed by atoms with Crippen molar-refractivity contribution in [2.45, 2.75) is 56.7 Å². The van der Waals surface area contributed by atoms with Crippen molar-refractivity contribution in [3.05, 3.63) is 0 Å². The zero-order valence-electron chi connectivity index (χ0n) is 10.0. The van der Waals surface area contributed by atoms with Crippen molar-refractivity contribution < 1.29 is 9.53 Å². The van der Waals surface area contributed by atoms with E-state index in [0.29, 0.717) is 0 Å². The second-order valence-electron chi connectivity index (χ2n) is 3.84. The average Bonchev–Trinajstić information content (AvgIpc) is 2.30. The van der Waals surface area contributed by atoms with Crippen LogP contribution in [0.4, 0.5) is 0 Å². The first-order valence-corrected chi connectivity index (χ1v) is 6.88. The fraction of sp³-hybridized carbons (Fsp3) is 0.769. The summed E-state index contributed by atoms with van der Waals surface area (Å²) in [5, 5.41) is 0. The van der Waals surface area contributed by atoms with Crippen LogP contribution in [-0.2, 0) is 9.53 Å². The second kappa shape index (κ2) is 11.0. The molecule has 0 heterocycles. The van der Waals surface area contributed by atoms with Gasteiger partial charge in [-0.25, -0.2) is 0 Å². The Hall–Kier alpha value is -0.490. The van der Waals surface area contributed by atoms with Crippen LogP contribution in [0.5, 0.6) is 0 Å². The van der Waals surface area contributed by atoms with Crippen molar-refractivity contribution in [1.29, 1.82) is 0 Å². The van der Waals surface area contributed by atoms with Gasteiger partial charge in [-0.15, -0.1) is 6.42 Å². The summed E-state index contributed by atoms with van der Waals surface area (Å²) >= 11 is 3.31. The van der Waals surface area contributed by atoms with Crippen LogP contribution in [0.3, 0.4) is 0 Å². The third-order valence-electron chi connectivity index (χ3n) is 2.36. The maximum Gasteiger partial charge on any atom is 0.320 e. The van der Waals surface area contributed by atoms with Gasteiger partial charge in [0.1, 0.15) is 4.83 Å². The Morgan fingerprint density at radius 2 is 1.94 bits per heavy atom. The van der Waals surface area contributed by atoms with Crippen LogP contribution in [-0.4, -0.2) is 17.4 Å². The molecule has 0 radical (unpaired) electrons. The maximum absolute atomic E-state index is 11.3. The van der Waals surface area contributed by atoms with Gasteiger partial charge in [-0.3, -0.25) is 4.79 Å². The van der Waals surface area contributed by atoms with Crippen LogP contribution in [0.15, 0.2) is 0 Å². The summed E-state index contributed by atoms with van der Waals surface area (Å²) in [6.07, 6.45) is 13.2. The molecule has 0 aromatic carbocycles. The third kappa shape index (κ3) is 8.79. The van der Waals surface area contributed by atoms with Gasteiger partial charge >= 0.3 is 5.97 Å². The molecule has 0 fully saturated rings. The van der Waals surface area contributed by atoms with E-state index in [0.717, 1.165) is 12.8 Å². The first kappa shape index (κ1) is 15.5.